The summed E-state index contributed by atoms with van der Waals surface area (Å²) < 4.78 is 13.0. The van der Waals surface area contributed by atoms with Gasteiger partial charge in [-0.15, -0.1) is 21.5 Å². The fourth-order valence-corrected chi connectivity index (χ4v) is 3.55. The van der Waals surface area contributed by atoms with Crippen molar-refractivity contribution in [1.29, 1.82) is 0 Å². The standard InChI is InChI=1S/C19H18FN5OS/c20-15-5-3-14(4-6-15)16-7-8-17(23-22-16)24-9-11-25(12-10-24)19(26)21-18-2-1-13-27-18/h1-8,13H,9-12H2,(H,21,26). The maximum absolute atomic E-state index is 13.0. The van der Waals surface area contributed by atoms with Crippen molar-refractivity contribution >= 4 is 28.2 Å². The average molecular weight is 383 g/mol. The fourth-order valence-electron chi connectivity index (χ4n) is 2.94. The zero-order valence-corrected chi connectivity index (χ0v) is 15.3. The lowest BCUT2D eigenvalue weighted by molar-refractivity contribution is 0.208. The Bertz CT molecular complexity index is 891. The van der Waals surface area contributed by atoms with Gasteiger partial charge in [-0.3, -0.25) is 5.32 Å². The largest absolute Gasteiger partial charge is 0.352 e. The number of amides is 2. The van der Waals surface area contributed by atoms with Gasteiger partial charge in [0.15, 0.2) is 5.82 Å². The predicted molar refractivity (Wildman–Crippen MR) is 105 cm³/mol. The van der Waals surface area contributed by atoms with Crippen LogP contribution in [0, 0.1) is 5.82 Å². The number of hydrogen-bond acceptors (Lipinski definition) is 5. The first kappa shape index (κ1) is 17.4. The Kier molecular flexibility index (Phi) is 4.97. The number of nitrogens with zero attached hydrogens (tertiary/aromatic N) is 4. The van der Waals surface area contributed by atoms with Gasteiger partial charge in [-0.05, 0) is 53.9 Å². The van der Waals surface area contributed by atoms with Gasteiger partial charge in [0.1, 0.15) is 5.82 Å². The number of carbonyl (C=O) groups is 1. The Hall–Kier alpha value is -3.00. The monoisotopic (exact) mass is 383 g/mol. The van der Waals surface area contributed by atoms with Gasteiger partial charge in [0.05, 0.1) is 10.7 Å². The summed E-state index contributed by atoms with van der Waals surface area (Å²) in [5.74, 6) is 0.503. The van der Waals surface area contributed by atoms with Crippen LogP contribution < -0.4 is 10.2 Å². The fraction of sp³-hybridized carbons (Fsp3) is 0.211. The number of nitrogens with one attached hydrogen (secondary N) is 1. The second-order valence-electron chi connectivity index (χ2n) is 6.17. The van der Waals surface area contributed by atoms with E-state index in [4.69, 9.17) is 0 Å². The SMILES string of the molecule is O=C(Nc1cccs1)N1CCN(c2ccc(-c3ccc(F)cc3)nn2)CC1. The second kappa shape index (κ2) is 7.71. The highest BCUT2D eigenvalue weighted by Gasteiger charge is 2.22. The highest BCUT2D eigenvalue weighted by molar-refractivity contribution is 7.14. The van der Waals surface area contributed by atoms with E-state index < -0.39 is 0 Å². The van der Waals surface area contributed by atoms with Crippen LogP contribution in [-0.2, 0) is 0 Å². The molecule has 0 spiro atoms. The van der Waals surface area contributed by atoms with Crippen LogP contribution in [-0.4, -0.2) is 47.3 Å². The molecule has 8 heteroatoms. The molecule has 0 radical (unpaired) electrons. The van der Waals surface area contributed by atoms with Crippen molar-refractivity contribution in [3.63, 3.8) is 0 Å². The van der Waals surface area contributed by atoms with Gasteiger partial charge in [-0.1, -0.05) is 0 Å². The van der Waals surface area contributed by atoms with Gasteiger partial charge in [0.2, 0.25) is 0 Å². The number of anilines is 2. The predicted octanol–water partition coefficient (Wildman–Crippen LogP) is 3.70. The minimum atomic E-state index is -0.274. The molecular formula is C19H18FN5OS. The molecule has 1 saturated heterocycles. The van der Waals surface area contributed by atoms with E-state index >= 15 is 0 Å². The molecule has 1 fully saturated rings. The molecule has 138 valence electrons. The highest BCUT2D eigenvalue weighted by atomic mass is 32.1. The number of thiophene rings is 1. The van der Waals surface area contributed by atoms with Gasteiger partial charge >= 0.3 is 6.03 Å². The Morgan fingerprint density at radius 1 is 1.00 bits per heavy atom. The number of aromatic nitrogens is 2. The van der Waals surface area contributed by atoms with Crippen LogP contribution in [0.1, 0.15) is 0 Å². The number of rotatable bonds is 3. The van der Waals surface area contributed by atoms with E-state index in [2.05, 4.69) is 20.4 Å². The Morgan fingerprint density at radius 2 is 1.78 bits per heavy atom. The number of halogens is 1. The molecule has 27 heavy (non-hydrogen) atoms. The van der Waals surface area contributed by atoms with Crippen molar-refractivity contribution in [2.75, 3.05) is 36.4 Å². The van der Waals surface area contributed by atoms with Gasteiger partial charge in [0.25, 0.3) is 0 Å². The first-order chi connectivity index (χ1) is 13.2. The summed E-state index contributed by atoms with van der Waals surface area (Å²) in [4.78, 5) is 16.2. The van der Waals surface area contributed by atoms with Crippen LogP contribution in [0.3, 0.4) is 0 Å². The van der Waals surface area contributed by atoms with E-state index in [-0.39, 0.29) is 11.8 Å². The van der Waals surface area contributed by atoms with Gasteiger partial charge in [0, 0.05) is 31.7 Å². The second-order valence-corrected chi connectivity index (χ2v) is 7.11. The average Bonchev–Trinajstić information content (AvgIpc) is 3.22. The molecule has 3 heterocycles. The quantitative estimate of drug-likeness (QED) is 0.749. The summed E-state index contributed by atoms with van der Waals surface area (Å²) in [6.07, 6.45) is 0. The molecule has 0 saturated carbocycles. The van der Waals surface area contributed by atoms with E-state index in [0.717, 1.165) is 16.4 Å². The molecule has 0 unspecified atom stereocenters. The minimum Gasteiger partial charge on any atom is -0.352 e. The topological polar surface area (TPSA) is 61.4 Å². The van der Waals surface area contributed by atoms with Crippen LogP contribution in [0.25, 0.3) is 11.3 Å². The molecule has 1 aromatic carbocycles. The summed E-state index contributed by atoms with van der Waals surface area (Å²) in [6.45, 7) is 2.64. The third-order valence-corrected chi connectivity index (χ3v) is 5.22. The van der Waals surface area contributed by atoms with E-state index in [1.54, 1.807) is 17.0 Å². The maximum Gasteiger partial charge on any atom is 0.322 e. The van der Waals surface area contributed by atoms with E-state index in [9.17, 15) is 9.18 Å². The van der Waals surface area contributed by atoms with E-state index in [0.29, 0.717) is 31.9 Å². The van der Waals surface area contributed by atoms with E-state index in [1.807, 2.05) is 29.6 Å². The lowest BCUT2D eigenvalue weighted by atomic mass is 10.1. The van der Waals surface area contributed by atoms with Gasteiger partial charge in [-0.25, -0.2) is 9.18 Å². The lowest BCUT2D eigenvalue weighted by Crippen LogP contribution is -2.50. The van der Waals surface area contributed by atoms with Crippen molar-refractivity contribution in [3.8, 4) is 11.3 Å². The smallest absolute Gasteiger partial charge is 0.322 e. The van der Waals surface area contributed by atoms with Crippen LogP contribution in [0.15, 0.2) is 53.9 Å². The third kappa shape index (κ3) is 4.06. The Balaban J connectivity index is 1.35. The molecule has 1 N–H and O–H groups in total. The number of hydrogen-bond donors (Lipinski definition) is 1. The van der Waals surface area contributed by atoms with Crippen LogP contribution in [0.2, 0.25) is 0 Å². The van der Waals surface area contributed by atoms with Gasteiger partial charge < -0.3 is 9.80 Å². The first-order valence-corrected chi connectivity index (χ1v) is 9.51. The molecular weight excluding hydrogens is 365 g/mol. The zero-order chi connectivity index (χ0) is 18.6. The number of urea groups is 1. The Morgan fingerprint density at radius 3 is 2.41 bits per heavy atom. The van der Waals surface area contributed by atoms with Crippen LogP contribution in [0.4, 0.5) is 20.0 Å². The van der Waals surface area contributed by atoms with Crippen LogP contribution in [0.5, 0.6) is 0 Å². The maximum atomic E-state index is 13.0. The van der Waals surface area contributed by atoms with Crippen molar-refractivity contribution in [2.45, 2.75) is 0 Å². The normalized spacial score (nSPS) is 14.3. The molecule has 2 aromatic heterocycles. The van der Waals surface area contributed by atoms with E-state index in [1.165, 1.54) is 23.5 Å². The molecule has 3 aromatic rings. The molecule has 0 atom stereocenters. The van der Waals surface area contributed by atoms with Crippen molar-refractivity contribution in [1.82, 2.24) is 15.1 Å². The number of piperazine rings is 1. The summed E-state index contributed by atoms with van der Waals surface area (Å²) in [6, 6.07) is 13.7. The number of carbonyl (C=O) groups excluding carboxylic acids is 1. The van der Waals surface area contributed by atoms with Crippen molar-refractivity contribution < 1.29 is 9.18 Å². The Labute approximate surface area is 160 Å². The van der Waals surface area contributed by atoms with Crippen molar-refractivity contribution in [3.05, 3.63) is 59.7 Å². The first-order valence-electron chi connectivity index (χ1n) is 8.63. The molecule has 2 amide bonds. The number of benzene rings is 1. The molecule has 4 rings (SSSR count). The zero-order valence-electron chi connectivity index (χ0n) is 14.5. The molecule has 1 aliphatic rings. The van der Waals surface area contributed by atoms with Crippen LogP contribution >= 0.6 is 11.3 Å². The highest BCUT2D eigenvalue weighted by Crippen LogP contribution is 2.20. The molecule has 1 aliphatic heterocycles. The van der Waals surface area contributed by atoms with Gasteiger partial charge in [-0.2, -0.15) is 0 Å². The summed E-state index contributed by atoms with van der Waals surface area (Å²) in [5.41, 5.74) is 1.53. The molecule has 0 bridgehead atoms. The minimum absolute atomic E-state index is 0.0742. The summed E-state index contributed by atoms with van der Waals surface area (Å²) in [7, 11) is 0. The lowest BCUT2D eigenvalue weighted by Gasteiger charge is -2.35. The summed E-state index contributed by atoms with van der Waals surface area (Å²) >= 11 is 1.50. The van der Waals surface area contributed by atoms with Crippen molar-refractivity contribution in [2.24, 2.45) is 0 Å². The summed E-state index contributed by atoms with van der Waals surface area (Å²) in [5, 5.41) is 14.2. The molecule has 0 aliphatic carbocycles. The molecule has 6 nitrogen and oxygen atoms in total. The third-order valence-electron chi connectivity index (χ3n) is 4.43.